The summed E-state index contributed by atoms with van der Waals surface area (Å²) in [6.07, 6.45) is 3.72. The molecule has 0 saturated heterocycles. The minimum Gasteiger partial charge on any atom is -0.383 e. The molecule has 0 bridgehead atoms. The second-order valence-electron chi connectivity index (χ2n) is 3.19. The number of nitrogen functional groups attached to an aromatic ring is 1. The molecular weight excluding hydrogens is 208 g/mol. The summed E-state index contributed by atoms with van der Waals surface area (Å²) in [7, 11) is 0. The molecule has 0 spiro atoms. The summed E-state index contributed by atoms with van der Waals surface area (Å²) < 4.78 is 0. The molecule has 2 N–H and O–H groups in total. The summed E-state index contributed by atoms with van der Waals surface area (Å²) in [5.41, 5.74) is 6.64. The molecule has 2 rings (SSSR count). The van der Waals surface area contributed by atoms with E-state index in [1.165, 1.54) is 0 Å². The molecule has 0 unspecified atom stereocenters. The van der Waals surface area contributed by atoms with Gasteiger partial charge < -0.3 is 5.73 Å². The molecule has 78 valence electrons. The fourth-order valence-corrected chi connectivity index (χ4v) is 2.25. The van der Waals surface area contributed by atoms with Gasteiger partial charge in [-0.2, -0.15) is 0 Å². The SMILES string of the molecule is CCCc1nnc(-c2cccnc2N)s1. The van der Waals surface area contributed by atoms with E-state index in [9.17, 15) is 0 Å². The van der Waals surface area contributed by atoms with Crippen LogP contribution in [0.25, 0.3) is 10.6 Å². The van der Waals surface area contributed by atoms with Gasteiger partial charge in [0.05, 0.1) is 5.56 Å². The second-order valence-corrected chi connectivity index (χ2v) is 4.25. The zero-order chi connectivity index (χ0) is 10.7. The summed E-state index contributed by atoms with van der Waals surface area (Å²) in [5, 5.41) is 10.1. The summed E-state index contributed by atoms with van der Waals surface area (Å²) in [4.78, 5) is 4.03. The van der Waals surface area contributed by atoms with Crippen LogP contribution in [0.3, 0.4) is 0 Å². The molecule has 0 atom stereocenters. The molecule has 0 aliphatic rings. The first kappa shape index (κ1) is 10.0. The van der Waals surface area contributed by atoms with Gasteiger partial charge in [0.15, 0.2) is 5.01 Å². The van der Waals surface area contributed by atoms with Crippen molar-refractivity contribution in [3.05, 3.63) is 23.3 Å². The lowest BCUT2D eigenvalue weighted by Crippen LogP contribution is -1.92. The monoisotopic (exact) mass is 220 g/mol. The van der Waals surface area contributed by atoms with Gasteiger partial charge in [0, 0.05) is 12.6 Å². The Morgan fingerprint density at radius 2 is 2.27 bits per heavy atom. The first-order chi connectivity index (χ1) is 7.31. The highest BCUT2D eigenvalue weighted by molar-refractivity contribution is 7.14. The molecular formula is C10H12N4S. The van der Waals surface area contributed by atoms with Gasteiger partial charge in [0.25, 0.3) is 0 Å². The molecule has 2 aromatic heterocycles. The average Bonchev–Trinajstić information content (AvgIpc) is 2.68. The Balaban J connectivity index is 2.33. The van der Waals surface area contributed by atoms with Crippen molar-refractivity contribution < 1.29 is 0 Å². The zero-order valence-corrected chi connectivity index (χ0v) is 9.29. The number of rotatable bonds is 3. The Morgan fingerprint density at radius 3 is 3.00 bits per heavy atom. The van der Waals surface area contributed by atoms with E-state index in [0.29, 0.717) is 5.82 Å². The van der Waals surface area contributed by atoms with Crippen molar-refractivity contribution in [2.75, 3.05) is 5.73 Å². The summed E-state index contributed by atoms with van der Waals surface area (Å²) in [6, 6.07) is 3.77. The van der Waals surface area contributed by atoms with Crippen molar-refractivity contribution in [1.82, 2.24) is 15.2 Å². The molecule has 5 heteroatoms. The number of aromatic nitrogens is 3. The largest absolute Gasteiger partial charge is 0.383 e. The van der Waals surface area contributed by atoms with E-state index in [4.69, 9.17) is 5.73 Å². The third-order valence-corrected chi connectivity index (χ3v) is 3.02. The van der Waals surface area contributed by atoms with Crippen molar-refractivity contribution in [2.45, 2.75) is 19.8 Å². The molecule has 0 aliphatic heterocycles. The van der Waals surface area contributed by atoms with Crippen LogP contribution in [0.1, 0.15) is 18.4 Å². The zero-order valence-electron chi connectivity index (χ0n) is 8.47. The first-order valence-corrected chi connectivity index (χ1v) is 5.66. The Hall–Kier alpha value is -1.49. The van der Waals surface area contributed by atoms with Crippen LogP contribution in [-0.2, 0) is 6.42 Å². The number of nitrogens with two attached hydrogens (primary N) is 1. The Kier molecular flexibility index (Phi) is 2.91. The molecule has 2 aromatic rings. The van der Waals surface area contributed by atoms with E-state index in [-0.39, 0.29) is 0 Å². The van der Waals surface area contributed by atoms with E-state index in [1.54, 1.807) is 17.5 Å². The normalized spacial score (nSPS) is 10.5. The van der Waals surface area contributed by atoms with Gasteiger partial charge in [0.1, 0.15) is 10.8 Å². The fraction of sp³-hybridized carbons (Fsp3) is 0.300. The van der Waals surface area contributed by atoms with Crippen LogP contribution in [-0.4, -0.2) is 15.2 Å². The smallest absolute Gasteiger partial charge is 0.151 e. The molecule has 15 heavy (non-hydrogen) atoms. The number of nitrogens with zero attached hydrogens (tertiary/aromatic N) is 3. The lowest BCUT2D eigenvalue weighted by molar-refractivity contribution is 0.879. The fourth-order valence-electron chi connectivity index (χ4n) is 1.28. The van der Waals surface area contributed by atoms with Crippen molar-refractivity contribution in [3.63, 3.8) is 0 Å². The molecule has 0 saturated carbocycles. The molecule has 4 nitrogen and oxygen atoms in total. The molecule has 0 aliphatic carbocycles. The van der Waals surface area contributed by atoms with Crippen molar-refractivity contribution in [1.29, 1.82) is 0 Å². The average molecular weight is 220 g/mol. The Morgan fingerprint density at radius 1 is 1.40 bits per heavy atom. The maximum absolute atomic E-state index is 5.76. The van der Waals surface area contributed by atoms with Gasteiger partial charge in [-0.25, -0.2) is 4.98 Å². The van der Waals surface area contributed by atoms with Gasteiger partial charge in [-0.15, -0.1) is 10.2 Å². The Labute approximate surface area is 92.2 Å². The lowest BCUT2D eigenvalue weighted by Gasteiger charge is -1.97. The third kappa shape index (κ3) is 2.12. The van der Waals surface area contributed by atoms with E-state index in [0.717, 1.165) is 28.4 Å². The third-order valence-electron chi connectivity index (χ3n) is 2.00. The highest BCUT2D eigenvalue weighted by Crippen LogP contribution is 2.27. The minimum absolute atomic E-state index is 0.511. The van der Waals surface area contributed by atoms with Gasteiger partial charge in [-0.1, -0.05) is 18.3 Å². The van der Waals surface area contributed by atoms with E-state index in [1.807, 2.05) is 12.1 Å². The van der Waals surface area contributed by atoms with Crippen LogP contribution >= 0.6 is 11.3 Å². The Bertz CT molecular complexity index is 452. The predicted molar refractivity (Wildman–Crippen MR) is 61.5 cm³/mol. The van der Waals surface area contributed by atoms with Crippen molar-refractivity contribution >= 4 is 17.2 Å². The maximum Gasteiger partial charge on any atom is 0.151 e. The number of pyridine rings is 1. The number of hydrogen-bond donors (Lipinski definition) is 1. The van der Waals surface area contributed by atoms with Crippen LogP contribution in [0.15, 0.2) is 18.3 Å². The maximum atomic E-state index is 5.76. The van der Waals surface area contributed by atoms with Gasteiger partial charge in [0.2, 0.25) is 0 Å². The summed E-state index contributed by atoms with van der Waals surface area (Å²) in [6.45, 7) is 2.12. The molecule has 0 amide bonds. The molecule has 0 radical (unpaired) electrons. The standard InChI is InChI=1S/C10H12N4S/c1-2-4-8-13-14-10(15-8)7-5-3-6-12-9(7)11/h3,5-6H,2,4H2,1H3,(H2,11,12). The number of anilines is 1. The first-order valence-electron chi connectivity index (χ1n) is 4.84. The van der Waals surface area contributed by atoms with Crippen LogP contribution in [0.2, 0.25) is 0 Å². The predicted octanol–water partition coefficient (Wildman–Crippen LogP) is 2.13. The van der Waals surface area contributed by atoms with E-state index in [2.05, 4.69) is 22.1 Å². The van der Waals surface area contributed by atoms with Crippen LogP contribution < -0.4 is 5.73 Å². The van der Waals surface area contributed by atoms with E-state index >= 15 is 0 Å². The van der Waals surface area contributed by atoms with Crippen LogP contribution in [0.5, 0.6) is 0 Å². The molecule has 2 heterocycles. The highest BCUT2D eigenvalue weighted by Gasteiger charge is 2.08. The second kappa shape index (κ2) is 4.35. The van der Waals surface area contributed by atoms with Gasteiger partial charge in [-0.3, -0.25) is 0 Å². The van der Waals surface area contributed by atoms with Crippen LogP contribution in [0.4, 0.5) is 5.82 Å². The van der Waals surface area contributed by atoms with Crippen molar-refractivity contribution in [2.24, 2.45) is 0 Å². The summed E-state index contributed by atoms with van der Waals surface area (Å²) in [5.74, 6) is 0.511. The minimum atomic E-state index is 0.511. The quantitative estimate of drug-likeness (QED) is 0.860. The van der Waals surface area contributed by atoms with Crippen molar-refractivity contribution in [3.8, 4) is 10.6 Å². The van der Waals surface area contributed by atoms with Gasteiger partial charge in [-0.05, 0) is 18.6 Å². The van der Waals surface area contributed by atoms with Gasteiger partial charge >= 0.3 is 0 Å². The number of aryl methyl sites for hydroxylation is 1. The topological polar surface area (TPSA) is 64.7 Å². The molecule has 0 aromatic carbocycles. The highest BCUT2D eigenvalue weighted by atomic mass is 32.1. The van der Waals surface area contributed by atoms with E-state index < -0.39 is 0 Å². The number of hydrogen-bond acceptors (Lipinski definition) is 5. The lowest BCUT2D eigenvalue weighted by atomic mass is 10.3. The molecule has 0 fully saturated rings. The summed E-state index contributed by atoms with van der Waals surface area (Å²) >= 11 is 1.58. The van der Waals surface area contributed by atoms with Crippen LogP contribution in [0, 0.1) is 0 Å².